The summed E-state index contributed by atoms with van der Waals surface area (Å²) in [5, 5.41) is 0.973. The summed E-state index contributed by atoms with van der Waals surface area (Å²) < 4.78 is 28.2. The maximum absolute atomic E-state index is 13.8. The van der Waals surface area contributed by atoms with Gasteiger partial charge in [-0.1, -0.05) is 12.1 Å². The molecule has 0 bridgehead atoms. The molecule has 5 heteroatoms. The molecule has 0 radical (unpaired) electrons. The minimum Gasteiger partial charge on any atom is -0.293 e. The van der Waals surface area contributed by atoms with Crippen LogP contribution in [0.2, 0.25) is 0 Å². The van der Waals surface area contributed by atoms with Gasteiger partial charge in [0.05, 0.1) is 16.3 Å². The van der Waals surface area contributed by atoms with Gasteiger partial charge in [0.25, 0.3) is 0 Å². The zero-order chi connectivity index (χ0) is 15.7. The van der Waals surface area contributed by atoms with E-state index in [2.05, 4.69) is 4.98 Å². The van der Waals surface area contributed by atoms with Crippen LogP contribution in [0.4, 0.5) is 8.78 Å². The molecule has 114 valence electrons. The van der Waals surface area contributed by atoms with Crippen molar-refractivity contribution in [2.45, 2.75) is 19.5 Å². The van der Waals surface area contributed by atoms with E-state index in [-0.39, 0.29) is 11.9 Å². The average Bonchev–Trinajstić information content (AvgIpc) is 2.94. The Bertz CT molecular complexity index is 767. The van der Waals surface area contributed by atoms with Crippen LogP contribution in [0.1, 0.15) is 23.5 Å². The maximum atomic E-state index is 13.8. The molecule has 1 unspecified atom stereocenters. The van der Waals surface area contributed by atoms with Crippen molar-refractivity contribution in [3.05, 3.63) is 64.7 Å². The van der Waals surface area contributed by atoms with E-state index >= 15 is 0 Å². The molecule has 0 aliphatic carbocycles. The molecule has 3 rings (SSSR count). The molecule has 0 fully saturated rings. The summed E-state index contributed by atoms with van der Waals surface area (Å²) in [4.78, 5) is 6.59. The van der Waals surface area contributed by atoms with Crippen LogP contribution in [-0.4, -0.2) is 16.9 Å². The van der Waals surface area contributed by atoms with Crippen LogP contribution in [-0.2, 0) is 6.54 Å². The van der Waals surface area contributed by atoms with Crippen LogP contribution in [0.15, 0.2) is 42.5 Å². The summed E-state index contributed by atoms with van der Waals surface area (Å²) in [5.74, 6) is -0.804. The summed E-state index contributed by atoms with van der Waals surface area (Å²) in [6, 6.07) is 11.5. The van der Waals surface area contributed by atoms with Gasteiger partial charge in [-0.05, 0) is 44.3 Å². The maximum Gasteiger partial charge on any atom is 0.127 e. The number of halogens is 2. The molecule has 0 aliphatic heterocycles. The predicted molar refractivity (Wildman–Crippen MR) is 85.9 cm³/mol. The van der Waals surface area contributed by atoms with Crippen molar-refractivity contribution in [2.75, 3.05) is 7.05 Å². The zero-order valence-electron chi connectivity index (χ0n) is 12.4. The van der Waals surface area contributed by atoms with E-state index in [1.807, 2.05) is 43.1 Å². The number of aromatic nitrogens is 1. The number of thiazole rings is 1. The van der Waals surface area contributed by atoms with Crippen molar-refractivity contribution in [3.63, 3.8) is 0 Å². The Kier molecular flexibility index (Phi) is 4.18. The Hall–Kier alpha value is -1.85. The molecular formula is C17H16F2N2S. The quantitative estimate of drug-likeness (QED) is 0.689. The molecule has 1 heterocycles. The molecule has 0 spiro atoms. The van der Waals surface area contributed by atoms with E-state index in [9.17, 15) is 8.78 Å². The number of hydrogen-bond donors (Lipinski definition) is 0. The van der Waals surface area contributed by atoms with Gasteiger partial charge in [-0.3, -0.25) is 4.90 Å². The third-order valence-electron chi connectivity index (χ3n) is 3.76. The Labute approximate surface area is 132 Å². The van der Waals surface area contributed by atoms with Crippen LogP contribution in [0.3, 0.4) is 0 Å². The molecule has 1 atom stereocenters. The van der Waals surface area contributed by atoms with E-state index in [4.69, 9.17) is 0 Å². The largest absolute Gasteiger partial charge is 0.293 e. The number of nitrogens with zero attached hydrogens (tertiary/aromatic N) is 2. The molecule has 0 N–H and O–H groups in total. The van der Waals surface area contributed by atoms with Crippen molar-refractivity contribution < 1.29 is 8.78 Å². The van der Waals surface area contributed by atoms with Gasteiger partial charge in [0.15, 0.2) is 0 Å². The highest BCUT2D eigenvalue weighted by Crippen LogP contribution is 2.29. The van der Waals surface area contributed by atoms with Gasteiger partial charge in [-0.25, -0.2) is 13.8 Å². The first-order valence-electron chi connectivity index (χ1n) is 7.04. The number of hydrogen-bond acceptors (Lipinski definition) is 3. The highest BCUT2D eigenvalue weighted by Gasteiger charge is 2.17. The Balaban J connectivity index is 1.81. The normalized spacial score (nSPS) is 13.0. The van der Waals surface area contributed by atoms with Gasteiger partial charge in [0, 0.05) is 12.1 Å². The highest BCUT2D eigenvalue weighted by molar-refractivity contribution is 7.18. The van der Waals surface area contributed by atoms with Crippen molar-refractivity contribution in [1.29, 1.82) is 0 Å². The molecule has 0 saturated carbocycles. The fraction of sp³-hybridized carbons (Fsp3) is 0.235. The van der Waals surface area contributed by atoms with Crippen molar-refractivity contribution >= 4 is 21.6 Å². The summed E-state index contributed by atoms with van der Waals surface area (Å²) in [6.45, 7) is 2.36. The second-order valence-corrected chi connectivity index (χ2v) is 6.41. The molecule has 3 aromatic rings. The summed E-state index contributed by atoms with van der Waals surface area (Å²) in [6.07, 6.45) is 0. The fourth-order valence-corrected chi connectivity index (χ4v) is 3.41. The van der Waals surface area contributed by atoms with Crippen LogP contribution in [0.5, 0.6) is 0 Å². The summed E-state index contributed by atoms with van der Waals surface area (Å²) in [5.41, 5.74) is 1.33. The fourth-order valence-electron chi connectivity index (χ4n) is 2.33. The van der Waals surface area contributed by atoms with Crippen LogP contribution >= 0.6 is 11.3 Å². The lowest BCUT2D eigenvalue weighted by atomic mass is 10.1. The van der Waals surface area contributed by atoms with E-state index in [1.165, 1.54) is 12.1 Å². The van der Waals surface area contributed by atoms with Gasteiger partial charge < -0.3 is 0 Å². The lowest BCUT2D eigenvalue weighted by molar-refractivity contribution is 0.249. The molecule has 2 aromatic carbocycles. The van der Waals surface area contributed by atoms with Crippen molar-refractivity contribution in [3.8, 4) is 0 Å². The van der Waals surface area contributed by atoms with Gasteiger partial charge >= 0.3 is 0 Å². The Morgan fingerprint density at radius 2 is 1.95 bits per heavy atom. The molecular weight excluding hydrogens is 302 g/mol. The molecule has 0 saturated heterocycles. The lowest BCUT2D eigenvalue weighted by Crippen LogP contribution is -2.22. The van der Waals surface area contributed by atoms with Crippen molar-refractivity contribution in [2.24, 2.45) is 0 Å². The highest BCUT2D eigenvalue weighted by atomic mass is 32.1. The topological polar surface area (TPSA) is 16.1 Å². The Morgan fingerprint density at radius 1 is 1.18 bits per heavy atom. The van der Waals surface area contributed by atoms with E-state index in [0.717, 1.165) is 21.3 Å². The molecule has 0 amide bonds. The Morgan fingerprint density at radius 3 is 2.73 bits per heavy atom. The van der Waals surface area contributed by atoms with E-state index < -0.39 is 5.82 Å². The van der Waals surface area contributed by atoms with E-state index in [1.54, 1.807) is 11.3 Å². The van der Waals surface area contributed by atoms with Crippen LogP contribution in [0, 0.1) is 11.6 Å². The summed E-state index contributed by atoms with van der Waals surface area (Å²) >= 11 is 1.63. The minimum absolute atomic E-state index is 0.0278. The second kappa shape index (κ2) is 6.10. The first kappa shape index (κ1) is 15.1. The first-order valence-corrected chi connectivity index (χ1v) is 7.86. The van der Waals surface area contributed by atoms with E-state index in [0.29, 0.717) is 12.1 Å². The van der Waals surface area contributed by atoms with Gasteiger partial charge in [0.2, 0.25) is 0 Å². The minimum atomic E-state index is -0.419. The smallest absolute Gasteiger partial charge is 0.127 e. The molecule has 22 heavy (non-hydrogen) atoms. The SMILES string of the molecule is CC(c1nc2ccccc2s1)N(C)Cc1cc(F)ccc1F. The zero-order valence-corrected chi connectivity index (χ0v) is 13.2. The average molecular weight is 318 g/mol. The van der Waals surface area contributed by atoms with Crippen molar-refractivity contribution in [1.82, 2.24) is 9.88 Å². The summed E-state index contributed by atoms with van der Waals surface area (Å²) in [7, 11) is 1.89. The van der Waals surface area contributed by atoms with Gasteiger partial charge in [0.1, 0.15) is 16.6 Å². The van der Waals surface area contributed by atoms with Crippen LogP contribution < -0.4 is 0 Å². The number of rotatable bonds is 4. The third-order valence-corrected chi connectivity index (χ3v) is 4.96. The molecule has 0 aliphatic rings. The second-order valence-electron chi connectivity index (χ2n) is 5.35. The molecule has 1 aromatic heterocycles. The molecule has 2 nitrogen and oxygen atoms in total. The number of para-hydroxylation sites is 1. The third kappa shape index (κ3) is 3.00. The number of fused-ring (bicyclic) bond motifs is 1. The standard InChI is InChI=1S/C17H16F2N2S/c1-11(17-20-15-5-3-4-6-16(15)22-17)21(2)10-12-9-13(18)7-8-14(12)19/h3-9,11H,10H2,1-2H3. The predicted octanol–water partition coefficient (Wildman–Crippen LogP) is 4.77. The van der Waals surface area contributed by atoms with Gasteiger partial charge in [-0.15, -0.1) is 11.3 Å². The monoisotopic (exact) mass is 318 g/mol. The van der Waals surface area contributed by atoms with Crippen LogP contribution in [0.25, 0.3) is 10.2 Å². The first-order chi connectivity index (χ1) is 10.5. The lowest BCUT2D eigenvalue weighted by Gasteiger charge is -2.23. The van der Waals surface area contributed by atoms with Gasteiger partial charge in [-0.2, -0.15) is 0 Å². The number of benzene rings is 2.